The Labute approximate surface area is 102 Å². The molecule has 0 saturated carbocycles. The predicted molar refractivity (Wildman–Crippen MR) is 62.3 cm³/mol. The minimum absolute atomic E-state index is 0.00183. The van der Waals surface area contributed by atoms with Crippen LogP contribution in [0.5, 0.6) is 0 Å². The molecule has 2 aromatic rings. The van der Waals surface area contributed by atoms with Crippen molar-refractivity contribution in [3.8, 4) is 0 Å². The monoisotopic (exact) mass is 250 g/mol. The Hall–Kier alpha value is -2.51. The van der Waals surface area contributed by atoms with Crippen LogP contribution in [-0.4, -0.2) is 26.1 Å². The SMILES string of the molecule is Cc1cc(N)cc(C(=O)Nc2nnn(C)n2)c1F. The molecule has 18 heavy (non-hydrogen) atoms. The molecule has 1 amide bonds. The Morgan fingerprint density at radius 1 is 1.50 bits per heavy atom. The molecule has 0 fully saturated rings. The van der Waals surface area contributed by atoms with E-state index in [4.69, 9.17) is 5.73 Å². The summed E-state index contributed by atoms with van der Waals surface area (Å²) in [4.78, 5) is 13.0. The number of nitrogens with zero attached hydrogens (tertiary/aromatic N) is 4. The Morgan fingerprint density at radius 2 is 2.22 bits per heavy atom. The zero-order valence-electron chi connectivity index (χ0n) is 9.81. The number of hydrogen-bond acceptors (Lipinski definition) is 5. The molecule has 0 aliphatic heterocycles. The lowest BCUT2D eigenvalue weighted by molar-refractivity contribution is 0.102. The molecule has 2 rings (SSSR count). The van der Waals surface area contributed by atoms with E-state index >= 15 is 0 Å². The molecule has 0 bridgehead atoms. The third-order valence-electron chi connectivity index (χ3n) is 2.26. The van der Waals surface area contributed by atoms with Crippen LogP contribution in [0.25, 0.3) is 0 Å². The van der Waals surface area contributed by atoms with Crippen molar-refractivity contribution in [1.29, 1.82) is 0 Å². The van der Waals surface area contributed by atoms with Gasteiger partial charge >= 0.3 is 0 Å². The maximum absolute atomic E-state index is 13.8. The minimum Gasteiger partial charge on any atom is -0.399 e. The average molecular weight is 250 g/mol. The summed E-state index contributed by atoms with van der Waals surface area (Å²) in [5.41, 5.74) is 6.03. The van der Waals surface area contributed by atoms with Gasteiger partial charge in [-0.2, -0.15) is 4.80 Å². The van der Waals surface area contributed by atoms with Crippen LogP contribution in [0.3, 0.4) is 0 Å². The van der Waals surface area contributed by atoms with Gasteiger partial charge < -0.3 is 5.73 Å². The molecule has 0 atom stereocenters. The van der Waals surface area contributed by atoms with E-state index in [0.717, 1.165) is 0 Å². The molecule has 1 heterocycles. The van der Waals surface area contributed by atoms with Crippen molar-refractivity contribution in [2.75, 3.05) is 11.1 Å². The highest BCUT2D eigenvalue weighted by atomic mass is 19.1. The van der Waals surface area contributed by atoms with Crippen LogP contribution in [0, 0.1) is 12.7 Å². The van der Waals surface area contributed by atoms with Gasteiger partial charge in [0.1, 0.15) is 5.82 Å². The average Bonchev–Trinajstić information content (AvgIpc) is 2.69. The molecule has 0 unspecified atom stereocenters. The lowest BCUT2D eigenvalue weighted by atomic mass is 10.1. The highest BCUT2D eigenvalue weighted by molar-refractivity contribution is 6.04. The molecule has 0 radical (unpaired) electrons. The number of tetrazole rings is 1. The summed E-state index contributed by atoms with van der Waals surface area (Å²) in [6.45, 7) is 1.53. The zero-order valence-corrected chi connectivity index (χ0v) is 9.81. The molecule has 8 heteroatoms. The fourth-order valence-electron chi connectivity index (χ4n) is 1.47. The van der Waals surface area contributed by atoms with Gasteiger partial charge in [0, 0.05) is 5.69 Å². The van der Waals surface area contributed by atoms with Crippen molar-refractivity contribution in [1.82, 2.24) is 20.2 Å². The first-order chi connectivity index (χ1) is 8.47. The lowest BCUT2D eigenvalue weighted by Crippen LogP contribution is -2.16. The van der Waals surface area contributed by atoms with Crippen LogP contribution in [0.1, 0.15) is 15.9 Å². The number of rotatable bonds is 2. The molecule has 7 nitrogen and oxygen atoms in total. The van der Waals surface area contributed by atoms with Gasteiger partial charge in [0.05, 0.1) is 12.6 Å². The number of halogens is 1. The first-order valence-corrected chi connectivity index (χ1v) is 5.08. The van der Waals surface area contributed by atoms with Crippen molar-refractivity contribution < 1.29 is 9.18 Å². The van der Waals surface area contributed by atoms with Gasteiger partial charge in [0.15, 0.2) is 0 Å². The number of amides is 1. The molecular formula is C10H11FN6O. The highest BCUT2D eigenvalue weighted by Crippen LogP contribution is 2.17. The van der Waals surface area contributed by atoms with E-state index < -0.39 is 11.7 Å². The van der Waals surface area contributed by atoms with E-state index in [0.29, 0.717) is 11.3 Å². The number of nitrogens with one attached hydrogen (secondary N) is 1. The predicted octanol–water partition coefficient (Wildman–Crippen LogP) is 0.492. The van der Waals surface area contributed by atoms with Crippen LogP contribution in [0.15, 0.2) is 12.1 Å². The van der Waals surface area contributed by atoms with Crippen molar-refractivity contribution in [3.05, 3.63) is 29.1 Å². The number of carbonyl (C=O) groups excluding carboxylic acids is 1. The van der Waals surface area contributed by atoms with E-state index in [1.54, 1.807) is 7.05 Å². The first-order valence-electron chi connectivity index (χ1n) is 5.08. The molecular weight excluding hydrogens is 239 g/mol. The van der Waals surface area contributed by atoms with E-state index in [1.165, 1.54) is 23.9 Å². The quantitative estimate of drug-likeness (QED) is 0.756. The van der Waals surface area contributed by atoms with Gasteiger partial charge in [0.25, 0.3) is 11.9 Å². The standard InChI is InChI=1S/C10H11FN6O/c1-5-3-6(12)4-7(8(5)11)9(18)13-10-14-16-17(2)15-10/h3-4H,12H2,1-2H3,(H,13,15,18). The van der Waals surface area contributed by atoms with Crippen molar-refractivity contribution in [2.24, 2.45) is 7.05 Å². The summed E-state index contributed by atoms with van der Waals surface area (Å²) in [5.74, 6) is -1.29. The Morgan fingerprint density at radius 3 is 2.83 bits per heavy atom. The number of carbonyl (C=O) groups is 1. The fourth-order valence-corrected chi connectivity index (χ4v) is 1.47. The zero-order chi connectivity index (χ0) is 13.3. The van der Waals surface area contributed by atoms with Gasteiger partial charge in [-0.05, 0) is 29.8 Å². The summed E-state index contributed by atoms with van der Waals surface area (Å²) in [6, 6.07) is 2.71. The number of nitrogens with two attached hydrogens (primary N) is 1. The van der Waals surface area contributed by atoms with Gasteiger partial charge in [-0.15, -0.1) is 5.10 Å². The van der Waals surface area contributed by atoms with Gasteiger partial charge in [-0.1, -0.05) is 5.10 Å². The molecule has 1 aromatic heterocycles. The molecule has 3 N–H and O–H groups in total. The van der Waals surface area contributed by atoms with E-state index in [-0.39, 0.29) is 11.5 Å². The third-order valence-corrected chi connectivity index (χ3v) is 2.26. The third kappa shape index (κ3) is 2.26. The highest BCUT2D eigenvalue weighted by Gasteiger charge is 2.16. The van der Waals surface area contributed by atoms with Crippen LogP contribution in [0.4, 0.5) is 16.0 Å². The largest absolute Gasteiger partial charge is 0.399 e. The number of aryl methyl sites for hydroxylation is 2. The number of benzene rings is 1. The molecule has 94 valence electrons. The second-order valence-corrected chi connectivity index (χ2v) is 3.76. The molecule has 1 aromatic carbocycles. The van der Waals surface area contributed by atoms with Crippen molar-refractivity contribution in [3.63, 3.8) is 0 Å². The van der Waals surface area contributed by atoms with Crippen LogP contribution in [0.2, 0.25) is 0 Å². The van der Waals surface area contributed by atoms with Gasteiger partial charge in [-0.25, -0.2) is 4.39 Å². The van der Waals surface area contributed by atoms with Gasteiger partial charge in [0.2, 0.25) is 0 Å². The normalized spacial score (nSPS) is 10.4. The van der Waals surface area contributed by atoms with Crippen LogP contribution in [-0.2, 0) is 7.05 Å². The molecule has 0 saturated heterocycles. The summed E-state index contributed by atoms with van der Waals surface area (Å²) in [6.07, 6.45) is 0. The summed E-state index contributed by atoms with van der Waals surface area (Å²) < 4.78 is 13.8. The Bertz CT molecular complexity index is 608. The Kier molecular flexibility index (Phi) is 2.92. The number of aromatic nitrogens is 4. The summed E-state index contributed by atoms with van der Waals surface area (Å²) in [5, 5.41) is 13.2. The fraction of sp³-hybridized carbons (Fsp3) is 0.200. The molecule has 0 spiro atoms. The maximum atomic E-state index is 13.8. The second-order valence-electron chi connectivity index (χ2n) is 3.76. The van der Waals surface area contributed by atoms with Crippen molar-refractivity contribution in [2.45, 2.75) is 6.92 Å². The first kappa shape index (κ1) is 12.0. The number of anilines is 2. The number of nitrogen functional groups attached to an aromatic ring is 1. The smallest absolute Gasteiger partial charge is 0.270 e. The summed E-state index contributed by atoms with van der Waals surface area (Å²) in [7, 11) is 1.55. The molecule has 0 aliphatic rings. The second kappa shape index (κ2) is 4.40. The van der Waals surface area contributed by atoms with Crippen molar-refractivity contribution >= 4 is 17.5 Å². The van der Waals surface area contributed by atoms with Crippen LogP contribution < -0.4 is 11.1 Å². The molecule has 0 aliphatic carbocycles. The van der Waals surface area contributed by atoms with Gasteiger partial charge in [-0.3, -0.25) is 10.1 Å². The van der Waals surface area contributed by atoms with E-state index in [2.05, 4.69) is 20.7 Å². The minimum atomic E-state index is -0.670. The lowest BCUT2D eigenvalue weighted by Gasteiger charge is -2.06. The van der Waals surface area contributed by atoms with Crippen LogP contribution >= 0.6 is 0 Å². The summed E-state index contributed by atoms with van der Waals surface area (Å²) >= 11 is 0. The Balaban J connectivity index is 2.29. The number of hydrogen-bond donors (Lipinski definition) is 2. The topological polar surface area (TPSA) is 98.7 Å². The van der Waals surface area contributed by atoms with E-state index in [9.17, 15) is 9.18 Å². The van der Waals surface area contributed by atoms with E-state index in [1.807, 2.05) is 0 Å². The maximum Gasteiger partial charge on any atom is 0.270 e.